The maximum absolute atomic E-state index is 13.6. The molecule has 1 heterocycles. The highest BCUT2D eigenvalue weighted by Gasteiger charge is 2.13. The zero-order valence-corrected chi connectivity index (χ0v) is 13.8. The molecule has 0 saturated carbocycles. The SMILES string of the molecule is CC(C)(C)NCc1nnc(Oc2cc(Br)ccc2F)s1. The fraction of sp³-hybridized carbons (Fsp3) is 0.385. The summed E-state index contributed by atoms with van der Waals surface area (Å²) in [6.07, 6.45) is 0. The Hall–Kier alpha value is -1.05. The van der Waals surface area contributed by atoms with Gasteiger partial charge in [-0.25, -0.2) is 4.39 Å². The fourth-order valence-corrected chi connectivity index (χ4v) is 2.32. The molecule has 0 unspecified atom stereocenters. The minimum Gasteiger partial charge on any atom is -0.427 e. The summed E-state index contributed by atoms with van der Waals surface area (Å²) in [6.45, 7) is 6.82. The van der Waals surface area contributed by atoms with Crippen LogP contribution in [-0.4, -0.2) is 15.7 Å². The molecule has 20 heavy (non-hydrogen) atoms. The highest BCUT2D eigenvalue weighted by atomic mass is 79.9. The first kappa shape index (κ1) is 15.3. The molecule has 0 saturated heterocycles. The third-order valence-electron chi connectivity index (χ3n) is 2.31. The second-order valence-electron chi connectivity index (χ2n) is 5.24. The third-order valence-corrected chi connectivity index (χ3v) is 3.60. The normalized spacial score (nSPS) is 11.7. The monoisotopic (exact) mass is 359 g/mol. The average Bonchev–Trinajstić information content (AvgIpc) is 2.78. The van der Waals surface area contributed by atoms with Crippen molar-refractivity contribution in [2.45, 2.75) is 32.9 Å². The van der Waals surface area contributed by atoms with Crippen molar-refractivity contribution in [2.24, 2.45) is 0 Å². The maximum Gasteiger partial charge on any atom is 0.299 e. The lowest BCUT2D eigenvalue weighted by molar-refractivity contribution is 0.422. The van der Waals surface area contributed by atoms with E-state index in [9.17, 15) is 4.39 Å². The van der Waals surface area contributed by atoms with E-state index in [1.54, 1.807) is 12.1 Å². The zero-order valence-electron chi connectivity index (χ0n) is 11.4. The van der Waals surface area contributed by atoms with E-state index in [0.717, 1.165) is 9.48 Å². The molecule has 108 valence electrons. The molecule has 7 heteroatoms. The molecular weight excluding hydrogens is 345 g/mol. The molecule has 1 aromatic heterocycles. The zero-order chi connectivity index (χ0) is 14.8. The molecule has 2 aromatic rings. The molecular formula is C13H15BrFN3OS. The van der Waals surface area contributed by atoms with Crippen LogP contribution in [0, 0.1) is 5.82 Å². The van der Waals surface area contributed by atoms with Gasteiger partial charge in [0, 0.05) is 10.0 Å². The minimum absolute atomic E-state index is 0.00307. The molecule has 0 fully saturated rings. The Kier molecular flexibility index (Phi) is 4.72. The molecule has 2 rings (SSSR count). The second-order valence-corrected chi connectivity index (χ2v) is 7.18. The molecule has 0 amide bonds. The van der Waals surface area contributed by atoms with Gasteiger partial charge in [0.2, 0.25) is 0 Å². The van der Waals surface area contributed by atoms with Crippen LogP contribution in [0.5, 0.6) is 10.9 Å². The van der Waals surface area contributed by atoms with Crippen LogP contribution in [-0.2, 0) is 6.54 Å². The summed E-state index contributed by atoms with van der Waals surface area (Å²) >= 11 is 4.57. The number of hydrogen-bond acceptors (Lipinski definition) is 5. The Morgan fingerprint density at radius 1 is 1.35 bits per heavy atom. The molecule has 0 atom stereocenters. The lowest BCUT2D eigenvalue weighted by Crippen LogP contribution is -2.35. The number of aromatic nitrogens is 2. The van der Waals surface area contributed by atoms with Gasteiger partial charge < -0.3 is 10.1 Å². The Balaban J connectivity index is 2.04. The molecule has 0 spiro atoms. The van der Waals surface area contributed by atoms with Crippen molar-refractivity contribution in [3.05, 3.63) is 33.5 Å². The smallest absolute Gasteiger partial charge is 0.299 e. The molecule has 0 aliphatic rings. The number of benzene rings is 1. The highest BCUT2D eigenvalue weighted by molar-refractivity contribution is 9.10. The van der Waals surface area contributed by atoms with Gasteiger partial charge in [-0.15, -0.1) is 5.10 Å². The van der Waals surface area contributed by atoms with Crippen LogP contribution in [0.2, 0.25) is 0 Å². The van der Waals surface area contributed by atoms with E-state index in [2.05, 4.69) is 52.2 Å². The topological polar surface area (TPSA) is 47.0 Å². The van der Waals surface area contributed by atoms with Crippen LogP contribution in [0.25, 0.3) is 0 Å². The van der Waals surface area contributed by atoms with Crippen LogP contribution in [0.1, 0.15) is 25.8 Å². The predicted molar refractivity (Wildman–Crippen MR) is 80.7 cm³/mol. The van der Waals surface area contributed by atoms with E-state index in [1.807, 2.05) is 0 Å². The van der Waals surface area contributed by atoms with Crippen molar-refractivity contribution in [1.82, 2.24) is 15.5 Å². The van der Waals surface area contributed by atoms with E-state index < -0.39 is 5.82 Å². The molecule has 0 aliphatic heterocycles. The highest BCUT2D eigenvalue weighted by Crippen LogP contribution is 2.29. The van der Waals surface area contributed by atoms with E-state index in [1.165, 1.54) is 17.4 Å². The van der Waals surface area contributed by atoms with Crippen LogP contribution in [0.3, 0.4) is 0 Å². The number of rotatable bonds is 4. The average molecular weight is 360 g/mol. The van der Waals surface area contributed by atoms with Crippen LogP contribution < -0.4 is 10.1 Å². The number of nitrogens with one attached hydrogen (secondary N) is 1. The first-order chi connectivity index (χ1) is 9.33. The van der Waals surface area contributed by atoms with E-state index >= 15 is 0 Å². The largest absolute Gasteiger partial charge is 0.427 e. The summed E-state index contributed by atoms with van der Waals surface area (Å²) in [5.41, 5.74) is 0.00307. The Morgan fingerprint density at radius 3 is 2.80 bits per heavy atom. The van der Waals surface area contributed by atoms with E-state index in [4.69, 9.17) is 4.74 Å². The van der Waals surface area contributed by atoms with Gasteiger partial charge in [-0.1, -0.05) is 32.4 Å². The van der Waals surface area contributed by atoms with E-state index in [-0.39, 0.29) is 11.3 Å². The van der Waals surface area contributed by atoms with Gasteiger partial charge in [0.05, 0.1) is 6.54 Å². The fourth-order valence-electron chi connectivity index (χ4n) is 1.34. The number of ether oxygens (including phenoxy) is 1. The first-order valence-electron chi connectivity index (χ1n) is 6.04. The van der Waals surface area contributed by atoms with Gasteiger partial charge in [-0.05, 0) is 39.0 Å². The third kappa shape index (κ3) is 4.50. The summed E-state index contributed by atoms with van der Waals surface area (Å²) in [4.78, 5) is 0. The van der Waals surface area contributed by atoms with Crippen molar-refractivity contribution >= 4 is 27.3 Å². The Morgan fingerprint density at radius 2 is 2.10 bits per heavy atom. The molecule has 1 N–H and O–H groups in total. The maximum atomic E-state index is 13.6. The Labute approximate surface area is 129 Å². The number of hydrogen-bond donors (Lipinski definition) is 1. The Bertz CT molecular complexity index is 598. The van der Waals surface area contributed by atoms with Gasteiger partial charge in [0.15, 0.2) is 11.6 Å². The summed E-state index contributed by atoms with van der Waals surface area (Å²) in [6, 6.07) is 4.51. The van der Waals surface area contributed by atoms with Gasteiger partial charge in [0.1, 0.15) is 5.01 Å². The lowest BCUT2D eigenvalue weighted by atomic mass is 10.1. The van der Waals surface area contributed by atoms with Crippen molar-refractivity contribution in [3.8, 4) is 10.9 Å². The quantitative estimate of drug-likeness (QED) is 0.891. The van der Waals surface area contributed by atoms with Crippen molar-refractivity contribution in [3.63, 3.8) is 0 Å². The molecule has 0 aliphatic carbocycles. The molecule has 1 aromatic carbocycles. The number of nitrogens with zero attached hydrogens (tertiary/aromatic N) is 2. The first-order valence-corrected chi connectivity index (χ1v) is 7.65. The standard InChI is InChI=1S/C13H15BrFN3OS/c1-13(2,3)16-7-11-17-18-12(20-11)19-10-6-8(14)4-5-9(10)15/h4-6,16H,7H2,1-3H3. The van der Waals surface area contributed by atoms with Crippen LogP contribution in [0.4, 0.5) is 4.39 Å². The van der Waals surface area contributed by atoms with Crippen molar-refractivity contribution in [2.75, 3.05) is 0 Å². The van der Waals surface area contributed by atoms with Gasteiger partial charge >= 0.3 is 0 Å². The van der Waals surface area contributed by atoms with E-state index in [0.29, 0.717) is 11.7 Å². The van der Waals surface area contributed by atoms with Gasteiger partial charge in [-0.3, -0.25) is 0 Å². The van der Waals surface area contributed by atoms with Crippen LogP contribution in [0.15, 0.2) is 22.7 Å². The van der Waals surface area contributed by atoms with Crippen LogP contribution >= 0.6 is 27.3 Å². The van der Waals surface area contributed by atoms with Crippen molar-refractivity contribution < 1.29 is 9.13 Å². The molecule has 0 bridgehead atoms. The van der Waals surface area contributed by atoms with Gasteiger partial charge in [-0.2, -0.15) is 0 Å². The lowest BCUT2D eigenvalue weighted by Gasteiger charge is -2.19. The second kappa shape index (κ2) is 6.15. The number of halogens is 2. The molecule has 4 nitrogen and oxygen atoms in total. The summed E-state index contributed by atoms with van der Waals surface area (Å²) in [5, 5.41) is 12.4. The summed E-state index contributed by atoms with van der Waals surface area (Å²) < 4.78 is 19.7. The summed E-state index contributed by atoms with van der Waals surface area (Å²) in [5.74, 6) is -0.302. The minimum atomic E-state index is -0.433. The summed E-state index contributed by atoms with van der Waals surface area (Å²) in [7, 11) is 0. The van der Waals surface area contributed by atoms with Gasteiger partial charge in [0.25, 0.3) is 5.19 Å². The predicted octanol–water partition coefficient (Wildman–Crippen LogP) is 4.12. The van der Waals surface area contributed by atoms with Crippen molar-refractivity contribution in [1.29, 1.82) is 0 Å². The molecule has 0 radical (unpaired) electrons.